The first kappa shape index (κ1) is 8.25. The molecule has 1 N–H and O–H groups in total. The van der Waals surface area contributed by atoms with E-state index in [1.165, 1.54) is 0 Å². The van der Waals surface area contributed by atoms with Crippen LogP contribution in [0.25, 0.3) is 11.0 Å². The molecule has 0 spiro atoms. The van der Waals surface area contributed by atoms with Crippen molar-refractivity contribution in [1.82, 2.24) is 9.55 Å². The molecule has 0 bridgehead atoms. The van der Waals surface area contributed by atoms with Gasteiger partial charge in [-0.3, -0.25) is 0 Å². The first-order valence-corrected chi connectivity index (χ1v) is 4.35. The van der Waals surface area contributed by atoms with Gasteiger partial charge in [-0.1, -0.05) is 0 Å². The zero-order valence-electron chi connectivity index (χ0n) is 6.44. The Bertz CT molecular complexity index is 478. The average Bonchev–Trinajstić information content (AvgIpc) is 2.39. The van der Waals surface area contributed by atoms with Gasteiger partial charge in [0.25, 0.3) is 0 Å². The molecule has 2 heterocycles. The van der Waals surface area contributed by atoms with E-state index in [0.717, 1.165) is 9.95 Å². The lowest BCUT2D eigenvalue weighted by molar-refractivity contribution is 0.197. The zero-order chi connectivity index (χ0) is 9.42. The summed E-state index contributed by atoms with van der Waals surface area (Å²) in [5.74, 6) is 0. The van der Waals surface area contributed by atoms with Gasteiger partial charge in [0.1, 0.15) is 5.65 Å². The van der Waals surface area contributed by atoms with E-state index in [1.807, 2.05) is 6.07 Å². The van der Waals surface area contributed by atoms with Crippen LogP contribution < -0.4 is 0 Å². The van der Waals surface area contributed by atoms with Crippen LogP contribution in [0.4, 0.5) is 4.79 Å². The predicted molar refractivity (Wildman–Crippen MR) is 50.9 cm³/mol. The molecule has 2 aromatic heterocycles. The molecule has 13 heavy (non-hydrogen) atoms. The minimum atomic E-state index is -1.04. The second kappa shape index (κ2) is 2.85. The van der Waals surface area contributed by atoms with Crippen LogP contribution in [0, 0.1) is 0 Å². The Morgan fingerprint density at radius 1 is 1.62 bits per heavy atom. The van der Waals surface area contributed by atoms with Gasteiger partial charge in [0.2, 0.25) is 0 Å². The Morgan fingerprint density at radius 2 is 2.38 bits per heavy atom. The van der Waals surface area contributed by atoms with Gasteiger partial charge in [0, 0.05) is 11.6 Å². The standard InChI is InChI=1S/C8H5BrN2O2/c9-6-4-5-2-1-3-10-7(5)11(6)8(12)13/h1-4H,(H,12,13). The molecule has 0 aliphatic heterocycles. The molecule has 0 fully saturated rings. The van der Waals surface area contributed by atoms with Crippen LogP contribution in [0.2, 0.25) is 0 Å². The molecule has 4 nitrogen and oxygen atoms in total. The highest BCUT2D eigenvalue weighted by molar-refractivity contribution is 9.10. The van der Waals surface area contributed by atoms with Crippen molar-refractivity contribution in [2.24, 2.45) is 0 Å². The van der Waals surface area contributed by atoms with Crippen LogP contribution in [-0.2, 0) is 0 Å². The third-order valence-corrected chi connectivity index (χ3v) is 2.29. The monoisotopic (exact) mass is 240 g/mol. The Balaban J connectivity index is 2.86. The molecule has 5 heteroatoms. The number of rotatable bonds is 0. The fourth-order valence-corrected chi connectivity index (χ4v) is 1.75. The van der Waals surface area contributed by atoms with Crippen molar-refractivity contribution in [3.8, 4) is 0 Å². The minimum Gasteiger partial charge on any atom is -0.464 e. The third kappa shape index (κ3) is 1.21. The van der Waals surface area contributed by atoms with E-state index >= 15 is 0 Å². The van der Waals surface area contributed by atoms with Crippen LogP contribution in [0.3, 0.4) is 0 Å². The molecule has 0 amide bonds. The van der Waals surface area contributed by atoms with E-state index in [-0.39, 0.29) is 0 Å². The summed E-state index contributed by atoms with van der Waals surface area (Å²) in [7, 11) is 0. The quantitative estimate of drug-likeness (QED) is 0.769. The van der Waals surface area contributed by atoms with E-state index in [1.54, 1.807) is 18.3 Å². The first-order valence-electron chi connectivity index (χ1n) is 3.55. The summed E-state index contributed by atoms with van der Waals surface area (Å²) in [5, 5.41) is 9.65. The van der Waals surface area contributed by atoms with Crippen molar-refractivity contribution in [3.63, 3.8) is 0 Å². The van der Waals surface area contributed by atoms with Gasteiger partial charge in [0.05, 0.1) is 4.60 Å². The topological polar surface area (TPSA) is 55.1 Å². The van der Waals surface area contributed by atoms with Crippen LogP contribution in [0.15, 0.2) is 29.0 Å². The molecule has 0 aliphatic carbocycles. The molecule has 0 aliphatic rings. The fourth-order valence-electron chi connectivity index (χ4n) is 1.18. The number of carboxylic acid groups (broad SMARTS) is 1. The maximum Gasteiger partial charge on any atom is 0.418 e. The molecular formula is C8H5BrN2O2. The smallest absolute Gasteiger partial charge is 0.418 e. The van der Waals surface area contributed by atoms with E-state index in [9.17, 15) is 4.79 Å². The molecule has 0 unspecified atom stereocenters. The van der Waals surface area contributed by atoms with Crippen molar-refractivity contribution in [3.05, 3.63) is 29.0 Å². The van der Waals surface area contributed by atoms with Crippen molar-refractivity contribution < 1.29 is 9.90 Å². The second-order valence-electron chi connectivity index (χ2n) is 2.50. The van der Waals surface area contributed by atoms with Crippen LogP contribution in [-0.4, -0.2) is 20.8 Å². The van der Waals surface area contributed by atoms with Gasteiger partial charge in [0.15, 0.2) is 0 Å². The highest BCUT2D eigenvalue weighted by Gasteiger charge is 2.12. The Morgan fingerprint density at radius 3 is 3.08 bits per heavy atom. The molecule has 66 valence electrons. The van der Waals surface area contributed by atoms with Gasteiger partial charge in [-0.2, -0.15) is 0 Å². The van der Waals surface area contributed by atoms with Crippen molar-refractivity contribution in [2.75, 3.05) is 0 Å². The molecular weight excluding hydrogens is 236 g/mol. The number of fused-ring (bicyclic) bond motifs is 1. The summed E-state index contributed by atoms with van der Waals surface area (Å²) < 4.78 is 1.59. The SMILES string of the molecule is O=C(O)n1c(Br)cc2cccnc21. The minimum absolute atomic E-state index is 0.446. The van der Waals surface area contributed by atoms with E-state index in [2.05, 4.69) is 20.9 Å². The molecule has 2 aromatic rings. The lowest BCUT2D eigenvalue weighted by Crippen LogP contribution is -2.08. The number of carbonyl (C=O) groups is 1. The number of hydrogen-bond donors (Lipinski definition) is 1. The Kier molecular flexibility index (Phi) is 1.81. The molecule has 0 aromatic carbocycles. The van der Waals surface area contributed by atoms with Gasteiger partial charge < -0.3 is 5.11 Å². The molecule has 0 saturated carbocycles. The highest BCUT2D eigenvalue weighted by Crippen LogP contribution is 2.21. The van der Waals surface area contributed by atoms with Gasteiger partial charge in [-0.15, -0.1) is 0 Å². The summed E-state index contributed by atoms with van der Waals surface area (Å²) in [6, 6.07) is 5.30. The van der Waals surface area contributed by atoms with E-state index in [4.69, 9.17) is 5.11 Å². The highest BCUT2D eigenvalue weighted by atomic mass is 79.9. The molecule has 0 radical (unpaired) electrons. The zero-order valence-corrected chi connectivity index (χ0v) is 8.02. The second-order valence-corrected chi connectivity index (χ2v) is 3.31. The summed E-state index contributed by atoms with van der Waals surface area (Å²) in [4.78, 5) is 14.8. The number of hydrogen-bond acceptors (Lipinski definition) is 2. The van der Waals surface area contributed by atoms with Crippen molar-refractivity contribution in [1.29, 1.82) is 0 Å². The lowest BCUT2D eigenvalue weighted by Gasteiger charge is -1.96. The summed E-state index contributed by atoms with van der Waals surface area (Å²) in [5.41, 5.74) is 0.446. The third-order valence-electron chi connectivity index (χ3n) is 1.71. The van der Waals surface area contributed by atoms with Crippen molar-refractivity contribution >= 4 is 33.1 Å². The Hall–Kier alpha value is -1.36. The molecule has 0 saturated heterocycles. The fraction of sp³-hybridized carbons (Fsp3) is 0. The number of aromatic nitrogens is 2. The number of halogens is 1. The normalized spacial score (nSPS) is 10.5. The number of nitrogens with zero attached hydrogens (tertiary/aromatic N) is 2. The van der Waals surface area contributed by atoms with Crippen LogP contribution in [0.1, 0.15) is 0 Å². The van der Waals surface area contributed by atoms with E-state index < -0.39 is 6.09 Å². The maximum atomic E-state index is 10.8. The van der Waals surface area contributed by atoms with Crippen LogP contribution >= 0.6 is 15.9 Å². The van der Waals surface area contributed by atoms with Gasteiger partial charge in [-0.25, -0.2) is 14.3 Å². The average molecular weight is 241 g/mol. The molecule has 2 rings (SSSR count). The molecule has 0 atom stereocenters. The first-order chi connectivity index (χ1) is 6.20. The summed E-state index contributed by atoms with van der Waals surface area (Å²) in [6.07, 6.45) is 0.523. The van der Waals surface area contributed by atoms with Crippen LogP contribution in [0.5, 0.6) is 0 Å². The maximum absolute atomic E-state index is 10.8. The van der Waals surface area contributed by atoms with E-state index in [0.29, 0.717) is 10.3 Å². The largest absolute Gasteiger partial charge is 0.464 e. The van der Waals surface area contributed by atoms with Gasteiger partial charge >= 0.3 is 6.09 Å². The summed E-state index contributed by atoms with van der Waals surface area (Å²) in [6.45, 7) is 0. The van der Waals surface area contributed by atoms with Gasteiger partial charge in [-0.05, 0) is 34.1 Å². The number of pyridine rings is 1. The van der Waals surface area contributed by atoms with Crippen molar-refractivity contribution in [2.45, 2.75) is 0 Å². The Labute approximate surface area is 81.9 Å². The lowest BCUT2D eigenvalue weighted by atomic mass is 10.3. The summed E-state index contributed by atoms with van der Waals surface area (Å²) >= 11 is 3.15. The predicted octanol–water partition coefficient (Wildman–Crippen LogP) is 2.32.